The number of urea groups is 1. The van der Waals surface area contributed by atoms with Crippen molar-refractivity contribution in [1.29, 1.82) is 0 Å². The van der Waals surface area contributed by atoms with Crippen LogP contribution in [-0.2, 0) is 4.79 Å². The Balaban J connectivity index is 1.82. The van der Waals surface area contributed by atoms with Crippen molar-refractivity contribution in [1.82, 2.24) is 15.1 Å². The summed E-state index contributed by atoms with van der Waals surface area (Å²) in [6.07, 6.45) is 4.40. The molecule has 0 aromatic rings. The smallest absolute Gasteiger partial charge is 0.318 e. The van der Waals surface area contributed by atoms with Crippen LogP contribution in [-0.4, -0.2) is 54.0 Å². The standard InChI is InChI=1S/C14H25N3O2/c1-11-6-5-9-17(10-11)14(19)15-12(2)13(18)16-7-3-4-8-16/h11-12H,3-10H2,1-2H3,(H,15,19). The van der Waals surface area contributed by atoms with Gasteiger partial charge in [-0.15, -0.1) is 0 Å². The quantitative estimate of drug-likeness (QED) is 0.823. The van der Waals surface area contributed by atoms with Gasteiger partial charge in [-0.25, -0.2) is 4.79 Å². The third-order valence-corrected chi connectivity index (χ3v) is 4.07. The zero-order chi connectivity index (χ0) is 13.8. The van der Waals surface area contributed by atoms with Gasteiger partial charge in [0.05, 0.1) is 0 Å². The summed E-state index contributed by atoms with van der Waals surface area (Å²) in [4.78, 5) is 27.9. The van der Waals surface area contributed by atoms with Gasteiger partial charge in [0.1, 0.15) is 6.04 Å². The van der Waals surface area contributed by atoms with Gasteiger partial charge in [0, 0.05) is 26.2 Å². The topological polar surface area (TPSA) is 52.7 Å². The van der Waals surface area contributed by atoms with Crippen LogP contribution in [0.4, 0.5) is 4.79 Å². The molecule has 108 valence electrons. The van der Waals surface area contributed by atoms with Gasteiger partial charge in [0.2, 0.25) is 5.91 Å². The molecule has 2 unspecified atom stereocenters. The zero-order valence-corrected chi connectivity index (χ0v) is 12.0. The molecule has 2 aliphatic heterocycles. The largest absolute Gasteiger partial charge is 0.341 e. The van der Waals surface area contributed by atoms with E-state index in [-0.39, 0.29) is 11.9 Å². The van der Waals surface area contributed by atoms with Crippen LogP contribution in [0.3, 0.4) is 0 Å². The lowest BCUT2D eigenvalue weighted by molar-refractivity contribution is -0.131. The Kier molecular flexibility index (Phi) is 4.66. The molecule has 0 saturated carbocycles. The molecule has 0 aromatic heterocycles. The van der Waals surface area contributed by atoms with E-state index in [9.17, 15) is 9.59 Å². The Labute approximate surface area is 115 Å². The van der Waals surface area contributed by atoms with Crippen LogP contribution in [0, 0.1) is 5.92 Å². The fourth-order valence-corrected chi connectivity index (χ4v) is 2.92. The Hall–Kier alpha value is -1.26. The molecule has 1 N–H and O–H groups in total. The number of hydrogen-bond donors (Lipinski definition) is 1. The number of hydrogen-bond acceptors (Lipinski definition) is 2. The van der Waals surface area contributed by atoms with E-state index in [1.165, 1.54) is 6.42 Å². The lowest BCUT2D eigenvalue weighted by atomic mass is 10.0. The van der Waals surface area contributed by atoms with E-state index in [1.54, 1.807) is 6.92 Å². The minimum Gasteiger partial charge on any atom is -0.341 e. The number of carbonyl (C=O) groups is 2. The number of nitrogens with one attached hydrogen (secondary N) is 1. The maximum atomic E-state index is 12.1. The molecule has 0 radical (unpaired) electrons. The van der Waals surface area contributed by atoms with Crippen molar-refractivity contribution in [3.05, 3.63) is 0 Å². The van der Waals surface area contributed by atoms with Gasteiger partial charge in [-0.3, -0.25) is 4.79 Å². The molecule has 2 aliphatic rings. The second kappa shape index (κ2) is 6.26. The summed E-state index contributed by atoms with van der Waals surface area (Å²) in [5.74, 6) is 0.611. The lowest BCUT2D eigenvalue weighted by Gasteiger charge is -2.32. The highest BCUT2D eigenvalue weighted by Gasteiger charge is 2.27. The molecule has 0 bridgehead atoms. The molecule has 2 saturated heterocycles. The number of likely N-dealkylation sites (tertiary alicyclic amines) is 2. The summed E-state index contributed by atoms with van der Waals surface area (Å²) in [5.41, 5.74) is 0. The van der Waals surface area contributed by atoms with Crippen LogP contribution in [0.15, 0.2) is 0 Å². The van der Waals surface area contributed by atoms with Crippen molar-refractivity contribution in [2.45, 2.75) is 45.6 Å². The molecule has 0 spiro atoms. The number of carbonyl (C=O) groups excluding carboxylic acids is 2. The second-order valence-corrected chi connectivity index (χ2v) is 5.90. The Morgan fingerprint density at radius 3 is 2.37 bits per heavy atom. The molecule has 3 amide bonds. The van der Waals surface area contributed by atoms with E-state index in [4.69, 9.17) is 0 Å². The summed E-state index contributed by atoms with van der Waals surface area (Å²) >= 11 is 0. The van der Waals surface area contributed by atoms with Crippen LogP contribution in [0.5, 0.6) is 0 Å². The minimum atomic E-state index is -0.414. The van der Waals surface area contributed by atoms with Crippen LogP contribution >= 0.6 is 0 Å². The third-order valence-electron chi connectivity index (χ3n) is 4.07. The fraction of sp³-hybridized carbons (Fsp3) is 0.857. The predicted octanol–water partition coefficient (Wildman–Crippen LogP) is 1.44. The zero-order valence-electron chi connectivity index (χ0n) is 12.0. The van der Waals surface area contributed by atoms with E-state index in [2.05, 4.69) is 12.2 Å². The summed E-state index contributed by atoms with van der Waals surface area (Å²) in [6, 6.07) is -0.505. The van der Waals surface area contributed by atoms with E-state index < -0.39 is 6.04 Å². The SMILES string of the molecule is CC1CCCN(C(=O)NC(C)C(=O)N2CCCC2)C1. The number of nitrogens with zero attached hydrogens (tertiary/aromatic N) is 2. The predicted molar refractivity (Wildman–Crippen MR) is 73.8 cm³/mol. The third kappa shape index (κ3) is 3.61. The molecule has 2 atom stereocenters. The van der Waals surface area contributed by atoms with Crippen LogP contribution in [0.2, 0.25) is 0 Å². The molecule has 0 aromatic carbocycles. The number of amides is 3. The fourth-order valence-electron chi connectivity index (χ4n) is 2.92. The maximum Gasteiger partial charge on any atom is 0.318 e. The Morgan fingerprint density at radius 2 is 1.74 bits per heavy atom. The van der Waals surface area contributed by atoms with Gasteiger partial charge in [-0.1, -0.05) is 6.92 Å². The van der Waals surface area contributed by atoms with E-state index in [0.29, 0.717) is 5.92 Å². The van der Waals surface area contributed by atoms with E-state index >= 15 is 0 Å². The van der Waals surface area contributed by atoms with Crippen LogP contribution in [0.1, 0.15) is 39.5 Å². The molecule has 2 rings (SSSR count). The van der Waals surface area contributed by atoms with E-state index in [0.717, 1.165) is 45.4 Å². The van der Waals surface area contributed by atoms with Gasteiger partial charge < -0.3 is 15.1 Å². The minimum absolute atomic E-state index is 0.0518. The van der Waals surface area contributed by atoms with Gasteiger partial charge >= 0.3 is 6.03 Å². The molecular weight excluding hydrogens is 242 g/mol. The van der Waals surface area contributed by atoms with Crippen molar-refractivity contribution < 1.29 is 9.59 Å². The van der Waals surface area contributed by atoms with Gasteiger partial charge in [-0.2, -0.15) is 0 Å². The highest BCUT2D eigenvalue weighted by molar-refractivity contribution is 5.86. The van der Waals surface area contributed by atoms with Crippen molar-refractivity contribution in [2.75, 3.05) is 26.2 Å². The maximum absolute atomic E-state index is 12.1. The van der Waals surface area contributed by atoms with Gasteiger partial charge in [0.25, 0.3) is 0 Å². The van der Waals surface area contributed by atoms with E-state index in [1.807, 2.05) is 9.80 Å². The van der Waals surface area contributed by atoms with Gasteiger partial charge in [0.15, 0.2) is 0 Å². The summed E-state index contributed by atoms with van der Waals surface area (Å²) in [7, 11) is 0. The molecule has 2 fully saturated rings. The highest BCUT2D eigenvalue weighted by Crippen LogP contribution is 2.15. The van der Waals surface area contributed by atoms with Crippen molar-refractivity contribution in [3.63, 3.8) is 0 Å². The average Bonchev–Trinajstić information content (AvgIpc) is 2.91. The molecular formula is C14H25N3O2. The monoisotopic (exact) mass is 267 g/mol. The summed E-state index contributed by atoms with van der Waals surface area (Å²) in [6.45, 7) is 7.22. The summed E-state index contributed by atoms with van der Waals surface area (Å²) in [5, 5.41) is 2.84. The average molecular weight is 267 g/mol. The highest BCUT2D eigenvalue weighted by atomic mass is 16.2. The van der Waals surface area contributed by atoms with Crippen LogP contribution < -0.4 is 5.32 Å². The Morgan fingerprint density at radius 1 is 1.11 bits per heavy atom. The van der Waals surface area contributed by atoms with Crippen molar-refractivity contribution in [2.24, 2.45) is 5.92 Å². The number of piperidine rings is 1. The molecule has 2 heterocycles. The van der Waals surface area contributed by atoms with Crippen molar-refractivity contribution in [3.8, 4) is 0 Å². The second-order valence-electron chi connectivity index (χ2n) is 5.90. The number of rotatable bonds is 2. The molecule has 19 heavy (non-hydrogen) atoms. The first-order valence-corrected chi connectivity index (χ1v) is 7.42. The molecule has 5 nitrogen and oxygen atoms in total. The summed E-state index contributed by atoms with van der Waals surface area (Å²) < 4.78 is 0. The Bertz CT molecular complexity index is 340. The van der Waals surface area contributed by atoms with Crippen LogP contribution in [0.25, 0.3) is 0 Å². The van der Waals surface area contributed by atoms with Gasteiger partial charge in [-0.05, 0) is 38.5 Å². The first-order chi connectivity index (χ1) is 9.08. The molecule has 5 heteroatoms. The normalized spacial score (nSPS) is 25.3. The van der Waals surface area contributed by atoms with Crippen molar-refractivity contribution >= 4 is 11.9 Å². The first-order valence-electron chi connectivity index (χ1n) is 7.42. The lowest BCUT2D eigenvalue weighted by Crippen LogP contribution is -2.52. The molecule has 0 aliphatic carbocycles. The first kappa shape index (κ1) is 14.2.